The number of aromatic nitrogens is 2. The maximum absolute atomic E-state index is 12.6. The van der Waals surface area contributed by atoms with Gasteiger partial charge in [0.15, 0.2) is 6.04 Å². The Morgan fingerprint density at radius 3 is 2.78 bits per heavy atom. The van der Waals surface area contributed by atoms with Gasteiger partial charge in [-0.2, -0.15) is 5.10 Å². The van der Waals surface area contributed by atoms with Crippen LogP contribution in [-0.4, -0.2) is 22.9 Å². The summed E-state index contributed by atoms with van der Waals surface area (Å²) in [5.74, 6) is 6.63. The minimum Gasteiger partial charge on any atom is -0.467 e. The Morgan fingerprint density at radius 2 is 2.07 bits per heavy atom. The largest absolute Gasteiger partial charge is 0.467 e. The van der Waals surface area contributed by atoms with E-state index in [0.717, 1.165) is 29.3 Å². The Morgan fingerprint density at radius 1 is 1.30 bits per heavy atom. The molecule has 2 aromatic carbocycles. The van der Waals surface area contributed by atoms with Gasteiger partial charge in [-0.1, -0.05) is 47.9 Å². The van der Waals surface area contributed by atoms with Crippen LogP contribution in [0.1, 0.15) is 30.1 Å². The number of hydrogen-bond donors (Lipinski definition) is 0. The molecule has 3 aromatic rings. The van der Waals surface area contributed by atoms with E-state index in [1.54, 1.807) is 10.7 Å². The molecule has 1 aromatic heterocycles. The van der Waals surface area contributed by atoms with Gasteiger partial charge in [0.1, 0.15) is 5.69 Å². The lowest BCUT2D eigenvalue weighted by Crippen LogP contribution is -2.25. The van der Waals surface area contributed by atoms with Crippen molar-refractivity contribution in [3.63, 3.8) is 0 Å². The average molecular weight is 379 g/mol. The monoisotopic (exact) mass is 378 g/mol. The van der Waals surface area contributed by atoms with Crippen molar-refractivity contribution in [2.45, 2.75) is 25.3 Å². The van der Waals surface area contributed by atoms with E-state index < -0.39 is 6.04 Å². The summed E-state index contributed by atoms with van der Waals surface area (Å²) >= 11 is 6.20. The van der Waals surface area contributed by atoms with E-state index in [4.69, 9.17) is 16.3 Å². The van der Waals surface area contributed by atoms with Gasteiger partial charge in [0.2, 0.25) is 0 Å². The van der Waals surface area contributed by atoms with Crippen molar-refractivity contribution in [1.29, 1.82) is 0 Å². The smallest absolute Gasteiger partial charge is 0.331 e. The average Bonchev–Trinajstić information content (AvgIpc) is 3.45. The van der Waals surface area contributed by atoms with Gasteiger partial charge >= 0.3 is 5.97 Å². The van der Waals surface area contributed by atoms with Crippen LogP contribution in [0.4, 0.5) is 0 Å². The predicted molar refractivity (Wildman–Crippen MR) is 106 cm³/mol. The van der Waals surface area contributed by atoms with Crippen LogP contribution in [-0.2, 0) is 16.0 Å². The normalized spacial score (nSPS) is 14.4. The van der Waals surface area contributed by atoms with E-state index in [0.29, 0.717) is 23.1 Å². The number of fused-ring (bicyclic) bond motifs is 1. The molecule has 1 aliphatic rings. The molecule has 0 N–H and O–H groups in total. The van der Waals surface area contributed by atoms with Crippen LogP contribution in [0.5, 0.6) is 0 Å². The highest BCUT2D eigenvalue weighted by Crippen LogP contribution is 2.30. The zero-order valence-electron chi connectivity index (χ0n) is 15.0. The molecule has 1 heterocycles. The van der Waals surface area contributed by atoms with Crippen LogP contribution in [0.15, 0.2) is 48.5 Å². The van der Waals surface area contributed by atoms with Crippen molar-refractivity contribution < 1.29 is 9.53 Å². The van der Waals surface area contributed by atoms with E-state index >= 15 is 0 Å². The Balaban J connectivity index is 1.84. The predicted octanol–water partition coefficient (Wildman–Crippen LogP) is 4.41. The third-order valence-corrected chi connectivity index (χ3v) is 4.91. The van der Waals surface area contributed by atoms with E-state index in [9.17, 15) is 4.79 Å². The van der Waals surface area contributed by atoms with Crippen LogP contribution in [0, 0.1) is 17.8 Å². The van der Waals surface area contributed by atoms with E-state index in [1.165, 1.54) is 7.11 Å². The Bertz CT molecular complexity index is 1040. The summed E-state index contributed by atoms with van der Waals surface area (Å²) < 4.78 is 6.78. The fourth-order valence-electron chi connectivity index (χ4n) is 3.07. The topological polar surface area (TPSA) is 44.1 Å². The first-order valence-electron chi connectivity index (χ1n) is 8.97. The number of benzene rings is 2. The third-order valence-electron chi connectivity index (χ3n) is 4.67. The van der Waals surface area contributed by atoms with Gasteiger partial charge in [0, 0.05) is 22.7 Å². The van der Waals surface area contributed by atoms with E-state index in [2.05, 4.69) is 16.9 Å². The lowest BCUT2D eigenvalue weighted by molar-refractivity contribution is -0.144. The molecule has 27 heavy (non-hydrogen) atoms. The highest BCUT2D eigenvalue weighted by molar-refractivity contribution is 6.31. The maximum Gasteiger partial charge on any atom is 0.331 e. The first-order valence-corrected chi connectivity index (χ1v) is 9.34. The molecule has 1 atom stereocenters. The zero-order valence-corrected chi connectivity index (χ0v) is 15.7. The summed E-state index contributed by atoms with van der Waals surface area (Å²) in [6.45, 7) is 0. The van der Waals surface area contributed by atoms with Gasteiger partial charge in [-0.25, -0.2) is 9.48 Å². The summed E-state index contributed by atoms with van der Waals surface area (Å²) in [7, 11) is 1.40. The molecule has 0 bridgehead atoms. The molecule has 0 spiro atoms. The van der Waals surface area contributed by atoms with Gasteiger partial charge in [-0.15, -0.1) is 0 Å². The van der Waals surface area contributed by atoms with E-state index in [-0.39, 0.29) is 5.97 Å². The summed E-state index contributed by atoms with van der Waals surface area (Å²) in [6, 6.07) is 14.8. The number of carbonyl (C=O) groups excluding carboxylic acids is 1. The van der Waals surface area contributed by atoms with Crippen molar-refractivity contribution in [2.75, 3.05) is 7.11 Å². The third kappa shape index (κ3) is 3.84. The maximum atomic E-state index is 12.6. The second-order valence-electron chi connectivity index (χ2n) is 6.73. The first-order chi connectivity index (χ1) is 13.2. The first kappa shape index (κ1) is 17.6. The van der Waals surface area contributed by atoms with Crippen molar-refractivity contribution in [3.05, 3.63) is 64.8 Å². The molecule has 0 aliphatic heterocycles. The minimum absolute atomic E-state index is 0.341. The van der Waals surface area contributed by atoms with Gasteiger partial charge in [-0.3, -0.25) is 0 Å². The van der Waals surface area contributed by atoms with Crippen LogP contribution in [0.25, 0.3) is 10.9 Å². The summed E-state index contributed by atoms with van der Waals surface area (Å²) in [5.41, 5.74) is 2.51. The highest BCUT2D eigenvalue weighted by atomic mass is 35.5. The van der Waals surface area contributed by atoms with Crippen molar-refractivity contribution in [3.8, 4) is 11.8 Å². The Hall–Kier alpha value is -2.77. The molecule has 1 aliphatic carbocycles. The second-order valence-corrected chi connectivity index (χ2v) is 7.16. The van der Waals surface area contributed by atoms with Gasteiger partial charge < -0.3 is 4.74 Å². The number of esters is 1. The Kier molecular flexibility index (Phi) is 4.87. The summed E-state index contributed by atoms with van der Waals surface area (Å²) in [4.78, 5) is 12.6. The second kappa shape index (κ2) is 7.46. The van der Waals surface area contributed by atoms with Gasteiger partial charge in [0.25, 0.3) is 0 Å². The zero-order chi connectivity index (χ0) is 18.8. The van der Waals surface area contributed by atoms with Crippen molar-refractivity contribution >= 4 is 28.5 Å². The summed E-state index contributed by atoms with van der Waals surface area (Å²) in [6.07, 6.45) is 2.74. The van der Waals surface area contributed by atoms with Gasteiger partial charge in [0.05, 0.1) is 12.6 Å². The van der Waals surface area contributed by atoms with Crippen LogP contribution in [0.3, 0.4) is 0 Å². The van der Waals surface area contributed by atoms with Crippen LogP contribution in [0.2, 0.25) is 5.02 Å². The number of hydrogen-bond acceptors (Lipinski definition) is 3. The molecule has 0 amide bonds. The number of rotatable bonds is 4. The number of methoxy groups -OCH3 is 1. The fraction of sp³-hybridized carbons (Fsp3) is 0.273. The molecule has 5 heteroatoms. The number of halogens is 1. The molecule has 1 saturated carbocycles. The van der Waals surface area contributed by atoms with Crippen LogP contribution < -0.4 is 0 Å². The number of ether oxygens (including phenoxy) is 1. The standard InChI is InChI=1S/C22H19ClN2O2/c1-27-22(26)21(13-16-5-3-2-4-6-16)25-20(12-9-15-7-8-15)18-14-17(23)10-11-19(18)24-25/h2-6,10-11,14-15,21H,7-8,13H2,1H3. The molecule has 1 unspecified atom stereocenters. The molecule has 1 fully saturated rings. The highest BCUT2D eigenvalue weighted by Gasteiger charge is 2.27. The molecular weight excluding hydrogens is 360 g/mol. The molecule has 4 nitrogen and oxygen atoms in total. The lowest BCUT2D eigenvalue weighted by atomic mass is 10.1. The lowest BCUT2D eigenvalue weighted by Gasteiger charge is -2.16. The number of nitrogens with zero attached hydrogens (tertiary/aromatic N) is 2. The number of carbonyl (C=O) groups is 1. The molecule has 4 rings (SSSR count). The van der Waals surface area contributed by atoms with E-state index in [1.807, 2.05) is 42.5 Å². The Labute approximate surface area is 163 Å². The molecular formula is C22H19ClN2O2. The van der Waals surface area contributed by atoms with Gasteiger partial charge in [-0.05, 0) is 42.5 Å². The molecule has 0 radical (unpaired) electrons. The fourth-order valence-corrected chi connectivity index (χ4v) is 3.24. The van der Waals surface area contributed by atoms with Crippen molar-refractivity contribution in [2.24, 2.45) is 5.92 Å². The molecule has 0 saturated heterocycles. The summed E-state index contributed by atoms with van der Waals surface area (Å²) in [5, 5.41) is 6.15. The molecule has 136 valence electrons. The minimum atomic E-state index is -0.591. The van der Waals surface area contributed by atoms with Crippen molar-refractivity contribution in [1.82, 2.24) is 9.78 Å². The van der Waals surface area contributed by atoms with Crippen LogP contribution >= 0.6 is 11.6 Å². The quantitative estimate of drug-likeness (QED) is 0.499. The SMILES string of the molecule is COC(=O)C(Cc1ccccc1)n1nc2ccc(Cl)cc2c1C#CC1CC1.